The summed E-state index contributed by atoms with van der Waals surface area (Å²) in [6, 6.07) is 95.7. The highest BCUT2D eigenvalue weighted by Crippen LogP contribution is 2.59. The fourth-order valence-electron chi connectivity index (χ4n) is 12.2. The second-order valence-corrected chi connectivity index (χ2v) is 22.4. The highest BCUT2D eigenvalue weighted by atomic mass is 16.5. The van der Waals surface area contributed by atoms with Crippen LogP contribution in [0.4, 0.5) is 22.7 Å². The number of hydrogen-bond acceptors (Lipinski definition) is 5. The van der Waals surface area contributed by atoms with Crippen LogP contribution in [0.15, 0.2) is 273 Å². The fourth-order valence-corrected chi connectivity index (χ4v) is 12.2. The number of hydrogen-bond donors (Lipinski definition) is 0. The first-order valence-electron chi connectivity index (χ1n) is 28.1. The summed E-state index contributed by atoms with van der Waals surface area (Å²) in [7, 11) is 0. The molecular weight excluding hydrogens is 1000 g/mol. The fraction of sp³-hybridized carbons (Fsp3) is 0.0658. The van der Waals surface area contributed by atoms with Crippen LogP contribution in [0.2, 0.25) is 0 Å². The molecule has 0 radical (unpaired) electrons. The molecule has 0 aliphatic carbocycles. The lowest BCUT2D eigenvalue weighted by Gasteiger charge is -2.30. The molecule has 0 unspecified atom stereocenters. The predicted molar refractivity (Wildman–Crippen MR) is 339 cm³/mol. The number of rotatable bonds is 10. The topological polar surface area (TPSA) is 42.8 Å². The summed E-state index contributed by atoms with van der Waals surface area (Å²) in [6.45, 7) is 7.23. The molecule has 6 heteroatoms. The van der Waals surface area contributed by atoms with Gasteiger partial charge in [-0.15, -0.1) is 0 Å². The lowest BCUT2D eigenvalue weighted by Crippen LogP contribution is -2.26. The minimum absolute atomic E-state index is 0.0393. The molecule has 0 saturated carbocycles. The van der Waals surface area contributed by atoms with Crippen molar-refractivity contribution in [1.29, 1.82) is 0 Å². The number of fused-ring (bicyclic) bond motifs is 5. The van der Waals surface area contributed by atoms with Gasteiger partial charge in [0.15, 0.2) is 11.5 Å². The van der Waals surface area contributed by atoms with E-state index in [1.807, 2.05) is 18.3 Å². The average molecular weight is 1060 g/mol. The van der Waals surface area contributed by atoms with E-state index in [9.17, 15) is 0 Å². The SMILES string of the molecule is CC(C)(C)c1ccnc(-n2c3ccccc3c3ccc(Oc4ccc5c(c4)N4CN(c6c(-c7cc(-c8ccccc8)cc(-c8ccccc8)c7)cccc6-c6cc(-c7ccccc7)cc(-c7ccccc7)c6)c6cccc(c64)O5)cc32)c1. The Bertz CT molecular complexity index is 4320. The van der Waals surface area contributed by atoms with Gasteiger partial charge in [-0.2, -0.15) is 0 Å². The smallest absolute Gasteiger partial charge is 0.153 e. The summed E-state index contributed by atoms with van der Waals surface area (Å²) in [5.74, 6) is 3.87. The third-order valence-electron chi connectivity index (χ3n) is 16.2. The normalized spacial score (nSPS) is 12.6. The van der Waals surface area contributed by atoms with Crippen LogP contribution in [0.3, 0.4) is 0 Å². The van der Waals surface area contributed by atoms with Crippen molar-refractivity contribution in [2.45, 2.75) is 26.2 Å². The Balaban J connectivity index is 0.886. The summed E-state index contributed by atoms with van der Waals surface area (Å²) in [6.07, 6.45) is 1.92. The standard InChI is InChI=1S/C76H56N4O2/c1-76(2,3)60-38-39-77-73(46-60)80-67-31-17-16-28-65(67)66-36-34-61(47-69(66)80)81-62-35-37-71-70(48-62)79-49-78(68-32-19-33-72(82-71)75(68)79)74-63(58-42-54(50-20-8-4-9-21-50)40-55(43-58)51-22-10-5-11-23-51)29-18-30-64(74)59-44-56(52-24-12-6-13-25-52)41-57(45-59)53-26-14-7-15-27-53/h4-48H,49H2,1-3H3. The monoisotopic (exact) mass is 1060 g/mol. The summed E-state index contributed by atoms with van der Waals surface area (Å²) in [5, 5.41) is 2.30. The highest BCUT2D eigenvalue weighted by Gasteiger charge is 2.38. The maximum Gasteiger partial charge on any atom is 0.153 e. The van der Waals surface area contributed by atoms with Crippen LogP contribution in [0.5, 0.6) is 23.0 Å². The van der Waals surface area contributed by atoms with Gasteiger partial charge in [0.1, 0.15) is 29.7 Å². The third kappa shape index (κ3) is 8.64. The molecule has 392 valence electrons. The van der Waals surface area contributed by atoms with Gasteiger partial charge in [0.25, 0.3) is 0 Å². The average Bonchev–Trinajstić information content (AvgIpc) is 4.18. The second-order valence-electron chi connectivity index (χ2n) is 22.4. The van der Waals surface area contributed by atoms with Crippen LogP contribution in [0.25, 0.3) is 94.4 Å². The van der Waals surface area contributed by atoms with Gasteiger partial charge in [-0.3, -0.25) is 4.57 Å². The second kappa shape index (κ2) is 19.7. The summed E-state index contributed by atoms with van der Waals surface area (Å²) in [4.78, 5) is 9.84. The number of benzene rings is 11. The van der Waals surface area contributed by atoms with Crippen LogP contribution in [-0.4, -0.2) is 16.2 Å². The van der Waals surface area contributed by atoms with E-state index in [2.05, 4.69) is 290 Å². The first-order valence-corrected chi connectivity index (χ1v) is 28.1. The molecule has 0 saturated heterocycles. The molecule has 6 nitrogen and oxygen atoms in total. The van der Waals surface area contributed by atoms with Crippen molar-refractivity contribution in [2.24, 2.45) is 0 Å². The molecule has 4 heterocycles. The first-order chi connectivity index (χ1) is 40.3. The molecule has 11 aromatic carbocycles. The van der Waals surface area contributed by atoms with Gasteiger partial charge in [0.2, 0.25) is 0 Å². The molecule has 0 amide bonds. The Morgan fingerprint density at radius 3 is 1.46 bits per heavy atom. The Morgan fingerprint density at radius 1 is 0.378 bits per heavy atom. The lowest BCUT2D eigenvalue weighted by molar-refractivity contribution is 0.465. The lowest BCUT2D eigenvalue weighted by atomic mass is 9.88. The molecule has 0 fully saturated rings. The Labute approximate surface area is 478 Å². The van der Waals surface area contributed by atoms with Crippen LogP contribution in [0, 0.1) is 0 Å². The number of anilines is 4. The molecule has 0 bridgehead atoms. The minimum Gasteiger partial charge on any atom is -0.457 e. The maximum absolute atomic E-state index is 6.94. The highest BCUT2D eigenvalue weighted by molar-refractivity contribution is 6.10. The van der Waals surface area contributed by atoms with Gasteiger partial charge in [-0.25, -0.2) is 4.98 Å². The van der Waals surface area contributed by atoms with E-state index in [1.165, 1.54) is 5.56 Å². The van der Waals surface area contributed by atoms with Gasteiger partial charge in [-0.1, -0.05) is 185 Å². The molecule has 0 N–H and O–H groups in total. The number of nitrogens with zero attached hydrogens (tertiary/aromatic N) is 4. The van der Waals surface area contributed by atoms with Gasteiger partial charge in [0.05, 0.1) is 28.1 Å². The molecule has 2 aromatic heterocycles. The van der Waals surface area contributed by atoms with Crippen molar-refractivity contribution in [3.05, 3.63) is 279 Å². The number of ether oxygens (including phenoxy) is 2. The maximum atomic E-state index is 6.94. The minimum atomic E-state index is -0.0393. The van der Waals surface area contributed by atoms with Crippen molar-refractivity contribution in [1.82, 2.24) is 9.55 Å². The van der Waals surface area contributed by atoms with E-state index in [0.717, 1.165) is 134 Å². The van der Waals surface area contributed by atoms with Crippen molar-refractivity contribution < 1.29 is 9.47 Å². The van der Waals surface area contributed by atoms with Gasteiger partial charge >= 0.3 is 0 Å². The van der Waals surface area contributed by atoms with Crippen molar-refractivity contribution in [3.63, 3.8) is 0 Å². The zero-order valence-electron chi connectivity index (χ0n) is 45.8. The number of para-hydroxylation sites is 3. The zero-order chi connectivity index (χ0) is 54.9. The van der Waals surface area contributed by atoms with Crippen LogP contribution >= 0.6 is 0 Å². The van der Waals surface area contributed by atoms with E-state index in [4.69, 9.17) is 14.5 Å². The largest absolute Gasteiger partial charge is 0.457 e. The Hall–Kier alpha value is -10.4. The van der Waals surface area contributed by atoms with Gasteiger partial charge in [-0.05, 0) is 158 Å². The van der Waals surface area contributed by atoms with Crippen molar-refractivity contribution in [3.8, 4) is 95.6 Å². The molecule has 82 heavy (non-hydrogen) atoms. The Kier molecular flexibility index (Phi) is 11.7. The quantitative estimate of drug-likeness (QED) is 0.137. The van der Waals surface area contributed by atoms with E-state index < -0.39 is 0 Å². The van der Waals surface area contributed by atoms with E-state index in [1.54, 1.807) is 0 Å². The van der Waals surface area contributed by atoms with E-state index in [0.29, 0.717) is 12.4 Å². The summed E-state index contributed by atoms with van der Waals surface area (Å²) < 4.78 is 16.1. The van der Waals surface area contributed by atoms with Crippen LogP contribution < -0.4 is 19.3 Å². The van der Waals surface area contributed by atoms with Gasteiger partial charge in [0, 0.05) is 40.2 Å². The van der Waals surface area contributed by atoms with Crippen LogP contribution in [0.1, 0.15) is 26.3 Å². The zero-order valence-corrected chi connectivity index (χ0v) is 45.8. The summed E-state index contributed by atoms with van der Waals surface area (Å²) in [5.41, 5.74) is 21.1. The molecule has 15 rings (SSSR count). The van der Waals surface area contributed by atoms with E-state index >= 15 is 0 Å². The molecule has 0 atom stereocenters. The molecule has 2 aliphatic rings. The van der Waals surface area contributed by atoms with Crippen molar-refractivity contribution >= 4 is 44.6 Å². The van der Waals surface area contributed by atoms with Gasteiger partial charge < -0.3 is 19.3 Å². The summed E-state index contributed by atoms with van der Waals surface area (Å²) >= 11 is 0. The molecule has 0 spiro atoms. The number of pyridine rings is 1. The first kappa shape index (κ1) is 48.7. The van der Waals surface area contributed by atoms with E-state index in [-0.39, 0.29) is 5.41 Å². The Morgan fingerprint density at radius 2 is 0.878 bits per heavy atom. The third-order valence-corrected chi connectivity index (χ3v) is 16.2. The molecule has 2 aliphatic heterocycles. The number of aromatic nitrogens is 2. The predicted octanol–water partition coefficient (Wildman–Crippen LogP) is 20.6. The van der Waals surface area contributed by atoms with Crippen LogP contribution in [-0.2, 0) is 5.41 Å². The molecular formula is C76H56N4O2. The van der Waals surface area contributed by atoms with Crippen molar-refractivity contribution in [2.75, 3.05) is 16.5 Å². The molecule has 13 aromatic rings.